The van der Waals surface area contributed by atoms with Crippen LogP contribution in [0.15, 0.2) is 0 Å². The zero-order valence-corrected chi connectivity index (χ0v) is 5.29. The molecule has 1 unspecified atom stereocenters. The highest BCUT2D eigenvalue weighted by Crippen LogP contribution is 2.15. The third-order valence-corrected chi connectivity index (χ3v) is 1.59. The van der Waals surface area contributed by atoms with Gasteiger partial charge < -0.3 is 0 Å². The molecule has 0 aliphatic carbocycles. The Bertz CT molecular complexity index is 170. The maximum Gasteiger partial charge on any atom is 0.238 e. The van der Waals surface area contributed by atoms with Gasteiger partial charge >= 0.3 is 0 Å². The lowest BCUT2D eigenvalue weighted by molar-refractivity contribution is -0.127. The fourth-order valence-electron chi connectivity index (χ4n) is 0.922. The number of nitrogens with zero attached hydrogens (tertiary/aromatic N) is 2. The largest absolute Gasteiger partial charge is 0.273 e. The Morgan fingerprint density at radius 1 is 1.89 bits per heavy atom. The molecule has 0 aromatic carbocycles. The summed E-state index contributed by atoms with van der Waals surface area (Å²) in [4.78, 5) is 12.1. The van der Waals surface area contributed by atoms with Gasteiger partial charge in [-0.3, -0.25) is 4.79 Å². The van der Waals surface area contributed by atoms with Crippen molar-refractivity contribution in [1.82, 2.24) is 4.90 Å². The van der Waals surface area contributed by atoms with Gasteiger partial charge in [-0.05, 0) is 6.42 Å². The van der Waals surface area contributed by atoms with E-state index in [-0.39, 0.29) is 11.8 Å². The number of amides is 1. The number of rotatable bonds is 0. The van der Waals surface area contributed by atoms with Gasteiger partial charge in [-0.1, -0.05) is 6.92 Å². The Labute approximate surface area is 53.9 Å². The topological polar surface area (TPSA) is 44.1 Å². The van der Waals surface area contributed by atoms with Crippen LogP contribution >= 0.6 is 0 Å². The number of likely N-dealkylation sites (tertiary alicyclic amines) is 1. The molecule has 0 bridgehead atoms. The number of hydrogen-bond acceptors (Lipinski definition) is 2. The summed E-state index contributed by atoms with van der Waals surface area (Å²) in [5.74, 6) is 0.0298. The van der Waals surface area contributed by atoms with E-state index in [0.717, 1.165) is 6.42 Å². The smallest absolute Gasteiger partial charge is 0.238 e. The molecule has 48 valence electrons. The van der Waals surface area contributed by atoms with E-state index < -0.39 is 0 Å². The van der Waals surface area contributed by atoms with Gasteiger partial charge in [0, 0.05) is 12.5 Å². The minimum Gasteiger partial charge on any atom is -0.273 e. The van der Waals surface area contributed by atoms with E-state index in [1.165, 1.54) is 4.90 Å². The van der Waals surface area contributed by atoms with Crippen molar-refractivity contribution in [3.8, 4) is 6.19 Å². The van der Waals surface area contributed by atoms with Crippen molar-refractivity contribution in [2.45, 2.75) is 13.3 Å². The van der Waals surface area contributed by atoms with Crippen molar-refractivity contribution >= 4 is 5.91 Å². The van der Waals surface area contributed by atoms with E-state index in [1.54, 1.807) is 0 Å². The summed E-state index contributed by atoms with van der Waals surface area (Å²) in [5.41, 5.74) is 0. The highest BCUT2D eigenvalue weighted by Gasteiger charge is 2.27. The Morgan fingerprint density at radius 3 is 2.78 bits per heavy atom. The number of nitriles is 1. The van der Waals surface area contributed by atoms with Crippen molar-refractivity contribution in [2.24, 2.45) is 5.92 Å². The molecule has 3 nitrogen and oxygen atoms in total. The minimum absolute atomic E-state index is 0.0301. The second-order valence-electron chi connectivity index (χ2n) is 2.28. The summed E-state index contributed by atoms with van der Waals surface area (Å²) in [6, 6.07) is 0. The molecule has 0 aromatic rings. The average molecular weight is 124 g/mol. The first-order valence-corrected chi connectivity index (χ1v) is 2.97. The summed E-state index contributed by atoms with van der Waals surface area (Å²) in [5, 5.41) is 8.31. The van der Waals surface area contributed by atoms with Gasteiger partial charge in [0.25, 0.3) is 0 Å². The van der Waals surface area contributed by atoms with Gasteiger partial charge in [0.15, 0.2) is 6.19 Å². The molecule has 1 fully saturated rings. The molecule has 0 aromatic heterocycles. The second-order valence-corrected chi connectivity index (χ2v) is 2.28. The maximum atomic E-state index is 10.8. The molecule has 1 saturated heterocycles. The first kappa shape index (κ1) is 6.09. The molecule has 0 saturated carbocycles. The molecule has 1 amide bonds. The van der Waals surface area contributed by atoms with E-state index >= 15 is 0 Å². The van der Waals surface area contributed by atoms with Crippen LogP contribution in [0.2, 0.25) is 0 Å². The molecule has 0 N–H and O–H groups in total. The molecule has 0 radical (unpaired) electrons. The van der Waals surface area contributed by atoms with Gasteiger partial charge in [-0.2, -0.15) is 5.26 Å². The van der Waals surface area contributed by atoms with Gasteiger partial charge in [-0.25, -0.2) is 4.90 Å². The van der Waals surface area contributed by atoms with Crippen LogP contribution in [0.1, 0.15) is 13.3 Å². The van der Waals surface area contributed by atoms with Crippen molar-refractivity contribution in [3.63, 3.8) is 0 Å². The molecule has 1 heterocycles. The van der Waals surface area contributed by atoms with Gasteiger partial charge in [0.05, 0.1) is 0 Å². The summed E-state index contributed by atoms with van der Waals surface area (Å²) in [7, 11) is 0. The SMILES string of the molecule is CC1CCN(C#N)C1=O. The van der Waals surface area contributed by atoms with Crippen molar-refractivity contribution < 1.29 is 4.79 Å². The summed E-state index contributed by atoms with van der Waals surface area (Å²) in [6.07, 6.45) is 2.65. The van der Waals surface area contributed by atoms with Crippen LogP contribution < -0.4 is 0 Å². The van der Waals surface area contributed by atoms with Crippen molar-refractivity contribution in [3.05, 3.63) is 0 Å². The highest BCUT2D eigenvalue weighted by atomic mass is 16.2. The van der Waals surface area contributed by atoms with Crippen LogP contribution in [0, 0.1) is 17.4 Å². The van der Waals surface area contributed by atoms with E-state index in [2.05, 4.69) is 0 Å². The first-order chi connectivity index (χ1) is 4.25. The van der Waals surface area contributed by atoms with Crippen LogP contribution in [-0.2, 0) is 4.79 Å². The summed E-state index contributed by atoms with van der Waals surface area (Å²) < 4.78 is 0. The van der Waals surface area contributed by atoms with Crippen LogP contribution in [0.3, 0.4) is 0 Å². The van der Waals surface area contributed by atoms with Gasteiger partial charge in [0.1, 0.15) is 0 Å². The third kappa shape index (κ3) is 0.879. The van der Waals surface area contributed by atoms with Gasteiger partial charge in [0.2, 0.25) is 5.91 Å². The zero-order chi connectivity index (χ0) is 6.85. The Hall–Kier alpha value is -1.04. The molecule has 1 rings (SSSR count). The molecule has 1 atom stereocenters. The quantitative estimate of drug-likeness (QED) is 0.437. The fraction of sp³-hybridized carbons (Fsp3) is 0.667. The standard InChI is InChI=1S/C6H8N2O/c1-5-2-3-8(4-7)6(5)9/h5H,2-3H2,1H3. The normalized spacial score (nSPS) is 26.4. The fourth-order valence-corrected chi connectivity index (χ4v) is 0.922. The Kier molecular flexibility index (Phi) is 1.39. The van der Waals surface area contributed by atoms with Gasteiger partial charge in [-0.15, -0.1) is 0 Å². The zero-order valence-electron chi connectivity index (χ0n) is 5.29. The van der Waals surface area contributed by atoms with E-state index in [4.69, 9.17) is 5.26 Å². The van der Waals surface area contributed by atoms with Crippen molar-refractivity contribution in [1.29, 1.82) is 5.26 Å². The van der Waals surface area contributed by atoms with Crippen molar-refractivity contribution in [2.75, 3.05) is 6.54 Å². The summed E-state index contributed by atoms with van der Waals surface area (Å²) in [6.45, 7) is 2.45. The lowest BCUT2D eigenvalue weighted by Gasteiger charge is -2.00. The lowest BCUT2D eigenvalue weighted by Crippen LogP contribution is -2.20. The average Bonchev–Trinajstić information content (AvgIpc) is 2.15. The second kappa shape index (κ2) is 2.06. The molecular weight excluding hydrogens is 116 g/mol. The third-order valence-electron chi connectivity index (χ3n) is 1.59. The first-order valence-electron chi connectivity index (χ1n) is 2.97. The predicted octanol–water partition coefficient (Wildman–Crippen LogP) is 0.336. The lowest BCUT2D eigenvalue weighted by atomic mass is 10.1. The molecule has 1 aliphatic heterocycles. The number of carbonyl (C=O) groups is 1. The summed E-state index contributed by atoms with van der Waals surface area (Å²) >= 11 is 0. The predicted molar refractivity (Wildman–Crippen MR) is 31.1 cm³/mol. The maximum absolute atomic E-state index is 10.8. The Morgan fingerprint density at radius 2 is 2.56 bits per heavy atom. The Balaban J connectivity index is 2.65. The minimum atomic E-state index is -0.0301. The van der Waals surface area contributed by atoms with E-state index in [0.29, 0.717) is 6.54 Å². The van der Waals surface area contributed by atoms with Crippen LogP contribution in [0.25, 0.3) is 0 Å². The molecular formula is C6H8N2O. The molecule has 1 aliphatic rings. The van der Waals surface area contributed by atoms with Crippen LogP contribution in [0.5, 0.6) is 0 Å². The molecule has 9 heavy (non-hydrogen) atoms. The monoisotopic (exact) mass is 124 g/mol. The van der Waals surface area contributed by atoms with E-state index in [1.807, 2.05) is 13.1 Å². The number of hydrogen-bond donors (Lipinski definition) is 0. The molecule has 0 spiro atoms. The van der Waals surface area contributed by atoms with E-state index in [9.17, 15) is 4.79 Å². The molecule has 3 heteroatoms. The number of carbonyl (C=O) groups excluding carboxylic acids is 1. The van der Waals surface area contributed by atoms with Crippen LogP contribution in [0.4, 0.5) is 0 Å². The van der Waals surface area contributed by atoms with Crippen LogP contribution in [-0.4, -0.2) is 17.4 Å². The highest BCUT2D eigenvalue weighted by molar-refractivity contribution is 5.81.